The van der Waals surface area contributed by atoms with E-state index in [1.807, 2.05) is 39.0 Å². The second-order valence-electron chi connectivity index (χ2n) is 9.84. The quantitative estimate of drug-likeness (QED) is 0.440. The summed E-state index contributed by atoms with van der Waals surface area (Å²) in [5.74, 6) is -0.364. The molecule has 2 unspecified atom stereocenters. The van der Waals surface area contributed by atoms with E-state index in [-0.39, 0.29) is 6.54 Å². The summed E-state index contributed by atoms with van der Waals surface area (Å²) in [6.07, 6.45) is -0.282. The molecule has 0 heterocycles. The van der Waals surface area contributed by atoms with Crippen LogP contribution in [0.2, 0.25) is 0 Å². The molecule has 2 rings (SSSR count). The van der Waals surface area contributed by atoms with E-state index in [1.165, 1.54) is 4.90 Å². The average Bonchev–Trinajstić information content (AvgIpc) is 2.82. The molecule has 3 N–H and O–H groups in total. The van der Waals surface area contributed by atoms with Gasteiger partial charge < -0.3 is 30.1 Å². The van der Waals surface area contributed by atoms with E-state index in [9.17, 15) is 19.5 Å². The molecule has 0 aliphatic heterocycles. The number of methoxy groups -OCH3 is 1. The lowest BCUT2D eigenvalue weighted by Crippen LogP contribution is -2.54. The van der Waals surface area contributed by atoms with Crippen molar-refractivity contribution in [3.63, 3.8) is 0 Å². The molecular formula is C28H39N3O6. The van der Waals surface area contributed by atoms with Crippen LogP contribution in [0.1, 0.15) is 56.8 Å². The zero-order valence-corrected chi connectivity index (χ0v) is 22.8. The fourth-order valence-electron chi connectivity index (χ4n) is 4.01. The van der Waals surface area contributed by atoms with Crippen molar-refractivity contribution in [2.24, 2.45) is 0 Å². The number of benzene rings is 2. The second-order valence-corrected chi connectivity index (χ2v) is 9.84. The first-order chi connectivity index (χ1) is 17.4. The molecule has 0 saturated heterocycles. The Kier molecular flexibility index (Phi) is 10.5. The van der Waals surface area contributed by atoms with Gasteiger partial charge >= 0.3 is 6.09 Å². The standard InChI is InChI=1S/C28H39N3O6/c1-8-16-31(26(34)22(17-32)30-27(35)37-28(4,5)6)24(23-18(2)10-9-11-19(23)3)25(33)29-20-12-14-21(36-7)15-13-20/h9-15,22,24,32H,8,16-17H2,1-7H3,(H,29,33)(H,30,35). The Morgan fingerprint density at radius 1 is 1.03 bits per heavy atom. The van der Waals surface area contributed by atoms with Gasteiger partial charge in [-0.1, -0.05) is 25.1 Å². The molecule has 9 nitrogen and oxygen atoms in total. The lowest BCUT2D eigenvalue weighted by molar-refractivity contribution is -0.141. The van der Waals surface area contributed by atoms with Crippen LogP contribution >= 0.6 is 0 Å². The highest BCUT2D eigenvalue weighted by Gasteiger charge is 2.37. The number of ether oxygens (including phenoxy) is 2. The lowest BCUT2D eigenvalue weighted by atomic mass is 9.93. The number of amides is 3. The molecule has 37 heavy (non-hydrogen) atoms. The summed E-state index contributed by atoms with van der Waals surface area (Å²) in [5, 5.41) is 15.4. The monoisotopic (exact) mass is 513 g/mol. The topological polar surface area (TPSA) is 117 Å². The predicted molar refractivity (Wildman–Crippen MR) is 143 cm³/mol. The van der Waals surface area contributed by atoms with Crippen molar-refractivity contribution in [2.75, 3.05) is 25.6 Å². The van der Waals surface area contributed by atoms with Gasteiger partial charge in [0.05, 0.1) is 13.7 Å². The molecule has 0 aliphatic rings. The number of carbonyl (C=O) groups excluding carboxylic acids is 3. The number of rotatable bonds is 10. The number of aryl methyl sites for hydroxylation is 2. The van der Waals surface area contributed by atoms with Gasteiger partial charge in [0.2, 0.25) is 5.91 Å². The number of alkyl carbamates (subject to hydrolysis) is 1. The summed E-state index contributed by atoms with van der Waals surface area (Å²) < 4.78 is 10.5. The van der Waals surface area contributed by atoms with E-state index in [4.69, 9.17) is 9.47 Å². The van der Waals surface area contributed by atoms with Gasteiger partial charge in [0.25, 0.3) is 5.91 Å². The molecule has 2 aromatic rings. The largest absolute Gasteiger partial charge is 0.497 e. The molecular weight excluding hydrogens is 474 g/mol. The van der Waals surface area contributed by atoms with Crippen molar-refractivity contribution in [2.45, 2.75) is 65.6 Å². The van der Waals surface area contributed by atoms with Crippen molar-refractivity contribution < 1.29 is 29.0 Å². The number of nitrogens with zero attached hydrogens (tertiary/aromatic N) is 1. The van der Waals surface area contributed by atoms with Crippen molar-refractivity contribution in [1.29, 1.82) is 0 Å². The molecule has 0 radical (unpaired) electrons. The van der Waals surface area contributed by atoms with Gasteiger partial charge in [-0.15, -0.1) is 0 Å². The molecule has 3 amide bonds. The van der Waals surface area contributed by atoms with Crippen LogP contribution in [0.15, 0.2) is 42.5 Å². The van der Waals surface area contributed by atoms with Crippen LogP contribution in [0.5, 0.6) is 5.75 Å². The SMILES string of the molecule is CCCN(C(=O)C(CO)NC(=O)OC(C)(C)C)C(C(=O)Nc1ccc(OC)cc1)c1c(C)cccc1C. The molecule has 0 aromatic heterocycles. The lowest BCUT2D eigenvalue weighted by Gasteiger charge is -2.35. The van der Waals surface area contributed by atoms with Crippen LogP contribution in [-0.2, 0) is 14.3 Å². The minimum Gasteiger partial charge on any atom is -0.497 e. The Hall–Kier alpha value is -3.59. The van der Waals surface area contributed by atoms with Crippen molar-refractivity contribution in [3.05, 3.63) is 59.2 Å². The highest BCUT2D eigenvalue weighted by Crippen LogP contribution is 2.30. The highest BCUT2D eigenvalue weighted by molar-refractivity contribution is 5.99. The Morgan fingerprint density at radius 3 is 2.11 bits per heavy atom. The van der Waals surface area contributed by atoms with Crippen LogP contribution in [-0.4, -0.2) is 59.8 Å². The van der Waals surface area contributed by atoms with Crippen LogP contribution in [0.4, 0.5) is 10.5 Å². The number of carbonyl (C=O) groups is 3. The number of aliphatic hydroxyl groups excluding tert-OH is 1. The van der Waals surface area contributed by atoms with E-state index < -0.39 is 42.2 Å². The summed E-state index contributed by atoms with van der Waals surface area (Å²) in [6, 6.07) is 10.2. The molecule has 0 fully saturated rings. The Balaban J connectivity index is 2.49. The molecule has 0 bridgehead atoms. The maximum Gasteiger partial charge on any atom is 0.408 e. The van der Waals surface area contributed by atoms with Crippen molar-refractivity contribution in [3.8, 4) is 5.75 Å². The van der Waals surface area contributed by atoms with E-state index in [2.05, 4.69) is 10.6 Å². The van der Waals surface area contributed by atoms with Gasteiger partial charge in [-0.2, -0.15) is 0 Å². The Bertz CT molecular complexity index is 1060. The van der Waals surface area contributed by atoms with Gasteiger partial charge in [0, 0.05) is 12.2 Å². The van der Waals surface area contributed by atoms with Gasteiger partial charge in [0.15, 0.2) is 0 Å². The summed E-state index contributed by atoms with van der Waals surface area (Å²) in [4.78, 5) is 41.3. The maximum absolute atomic E-state index is 13.8. The normalized spacial score (nSPS) is 12.8. The van der Waals surface area contributed by atoms with E-state index in [0.717, 1.165) is 11.1 Å². The van der Waals surface area contributed by atoms with E-state index >= 15 is 0 Å². The van der Waals surface area contributed by atoms with Crippen LogP contribution in [0.25, 0.3) is 0 Å². The van der Waals surface area contributed by atoms with Crippen LogP contribution < -0.4 is 15.4 Å². The number of hydrogen-bond donors (Lipinski definition) is 3. The van der Waals surface area contributed by atoms with Crippen molar-refractivity contribution >= 4 is 23.6 Å². The van der Waals surface area contributed by atoms with Gasteiger partial charge in [-0.05, 0) is 82.0 Å². The zero-order chi connectivity index (χ0) is 27.8. The summed E-state index contributed by atoms with van der Waals surface area (Å²) in [5.41, 5.74) is 2.12. The first-order valence-electron chi connectivity index (χ1n) is 12.3. The summed E-state index contributed by atoms with van der Waals surface area (Å²) in [7, 11) is 1.56. The van der Waals surface area contributed by atoms with Crippen LogP contribution in [0, 0.1) is 13.8 Å². The molecule has 0 spiro atoms. The number of anilines is 1. The average molecular weight is 514 g/mol. The second kappa shape index (κ2) is 13.1. The van der Waals surface area contributed by atoms with Gasteiger partial charge in [-0.25, -0.2) is 4.79 Å². The van der Waals surface area contributed by atoms with E-state index in [0.29, 0.717) is 23.4 Å². The van der Waals surface area contributed by atoms with Gasteiger partial charge in [-0.3, -0.25) is 9.59 Å². The fraction of sp³-hybridized carbons (Fsp3) is 0.464. The summed E-state index contributed by atoms with van der Waals surface area (Å²) >= 11 is 0. The summed E-state index contributed by atoms with van der Waals surface area (Å²) in [6.45, 7) is 10.3. The molecule has 0 aliphatic carbocycles. The molecule has 2 aromatic carbocycles. The number of aliphatic hydroxyl groups is 1. The van der Waals surface area contributed by atoms with E-state index in [1.54, 1.807) is 52.1 Å². The first kappa shape index (κ1) is 29.6. The minimum atomic E-state index is -1.29. The minimum absolute atomic E-state index is 0.222. The number of nitrogens with one attached hydrogen (secondary N) is 2. The highest BCUT2D eigenvalue weighted by atomic mass is 16.6. The third-order valence-electron chi connectivity index (χ3n) is 5.65. The molecule has 9 heteroatoms. The molecule has 2 atom stereocenters. The smallest absolute Gasteiger partial charge is 0.408 e. The third-order valence-corrected chi connectivity index (χ3v) is 5.65. The fourth-order valence-corrected chi connectivity index (χ4v) is 4.01. The maximum atomic E-state index is 13.8. The van der Waals surface area contributed by atoms with Crippen LogP contribution in [0.3, 0.4) is 0 Å². The first-order valence-corrected chi connectivity index (χ1v) is 12.3. The van der Waals surface area contributed by atoms with Gasteiger partial charge in [0.1, 0.15) is 23.4 Å². The third kappa shape index (κ3) is 8.21. The number of hydrogen-bond acceptors (Lipinski definition) is 6. The van der Waals surface area contributed by atoms with Crippen molar-refractivity contribution in [1.82, 2.24) is 10.2 Å². The molecule has 202 valence electrons. The predicted octanol–water partition coefficient (Wildman–Crippen LogP) is 4.12. The molecule has 0 saturated carbocycles. The Morgan fingerprint density at radius 2 is 1.62 bits per heavy atom. The Labute approximate surface area is 219 Å². The zero-order valence-electron chi connectivity index (χ0n) is 22.8.